The van der Waals surface area contributed by atoms with E-state index in [0.717, 1.165) is 12.3 Å². The molecule has 13 heavy (non-hydrogen) atoms. The highest BCUT2D eigenvalue weighted by atomic mass is 14.9. The van der Waals surface area contributed by atoms with Crippen LogP contribution in [-0.2, 0) is 6.42 Å². The van der Waals surface area contributed by atoms with E-state index in [9.17, 15) is 0 Å². The molecule has 0 radical (unpaired) electrons. The number of rotatable bonds is 2. The topological polar surface area (TPSA) is 28.7 Å². The van der Waals surface area contributed by atoms with E-state index < -0.39 is 0 Å². The van der Waals surface area contributed by atoms with Gasteiger partial charge in [-0.15, -0.1) is 0 Å². The van der Waals surface area contributed by atoms with Crippen LogP contribution < -0.4 is 0 Å². The van der Waals surface area contributed by atoms with Gasteiger partial charge in [-0.3, -0.25) is 0 Å². The molecule has 1 N–H and O–H groups in total. The van der Waals surface area contributed by atoms with Gasteiger partial charge >= 0.3 is 0 Å². The van der Waals surface area contributed by atoms with Crippen LogP contribution in [0.2, 0.25) is 0 Å². The Labute approximate surface area is 79.1 Å². The fraction of sp³-hybridized carbons (Fsp3) is 0.545. The van der Waals surface area contributed by atoms with Crippen LogP contribution in [-0.4, -0.2) is 9.97 Å². The molecule has 2 nitrogen and oxygen atoms in total. The Bertz CT molecular complexity index is 285. The zero-order chi connectivity index (χ0) is 9.10. The number of hydrogen-bond donors (Lipinski definition) is 1. The van der Waals surface area contributed by atoms with Crippen molar-refractivity contribution < 1.29 is 0 Å². The van der Waals surface area contributed by atoms with Gasteiger partial charge in [-0.25, -0.2) is 4.98 Å². The summed E-state index contributed by atoms with van der Waals surface area (Å²) >= 11 is 0. The molecule has 70 valence electrons. The van der Waals surface area contributed by atoms with Crippen LogP contribution in [0.25, 0.3) is 0 Å². The van der Waals surface area contributed by atoms with Crippen LogP contribution in [0.4, 0.5) is 0 Å². The number of aromatic amines is 1. The van der Waals surface area contributed by atoms with Crippen molar-refractivity contribution in [3.8, 4) is 0 Å². The minimum absolute atomic E-state index is 0.823. The summed E-state index contributed by atoms with van der Waals surface area (Å²) in [5, 5.41) is 0. The van der Waals surface area contributed by atoms with Gasteiger partial charge in [0.25, 0.3) is 0 Å². The molecule has 1 aliphatic rings. The lowest BCUT2D eigenvalue weighted by atomic mass is 9.87. The summed E-state index contributed by atoms with van der Waals surface area (Å²) in [7, 11) is 0. The zero-order valence-electron chi connectivity index (χ0n) is 8.09. The summed E-state index contributed by atoms with van der Waals surface area (Å²) in [6.45, 7) is 2.23. The molecular formula is C11H16N2. The monoisotopic (exact) mass is 176 g/mol. The van der Waals surface area contributed by atoms with Crippen molar-refractivity contribution >= 4 is 0 Å². The smallest absolute Gasteiger partial charge is 0.0921 e. The van der Waals surface area contributed by atoms with E-state index in [4.69, 9.17) is 0 Å². The lowest BCUT2D eigenvalue weighted by molar-refractivity contribution is 0.463. The molecule has 1 aromatic heterocycles. The van der Waals surface area contributed by atoms with Gasteiger partial charge in [0, 0.05) is 11.9 Å². The van der Waals surface area contributed by atoms with Crippen molar-refractivity contribution in [2.75, 3.05) is 0 Å². The van der Waals surface area contributed by atoms with E-state index in [-0.39, 0.29) is 0 Å². The van der Waals surface area contributed by atoms with Gasteiger partial charge in [0.1, 0.15) is 0 Å². The maximum Gasteiger partial charge on any atom is 0.0921 e. The molecule has 1 aromatic rings. The quantitative estimate of drug-likeness (QED) is 0.689. The minimum Gasteiger partial charge on any atom is -0.348 e. The standard InChI is InChI=1S/C11H16N2/c1-9-2-4-10(5-3-9)6-11-7-12-8-13-11/h2,7-8,10H,3-6H2,1H3,(H,12,13). The van der Waals surface area contributed by atoms with Crippen molar-refractivity contribution in [1.82, 2.24) is 9.97 Å². The average molecular weight is 176 g/mol. The third-order valence-corrected chi connectivity index (χ3v) is 2.81. The van der Waals surface area contributed by atoms with Crippen LogP contribution in [0.5, 0.6) is 0 Å². The predicted octanol–water partition coefficient (Wildman–Crippen LogP) is 2.70. The summed E-state index contributed by atoms with van der Waals surface area (Å²) < 4.78 is 0. The highest BCUT2D eigenvalue weighted by molar-refractivity contribution is 5.05. The van der Waals surface area contributed by atoms with Gasteiger partial charge in [-0.2, -0.15) is 0 Å². The summed E-state index contributed by atoms with van der Waals surface area (Å²) in [5.41, 5.74) is 2.83. The Morgan fingerprint density at radius 1 is 1.62 bits per heavy atom. The molecule has 0 saturated carbocycles. The second-order valence-electron chi connectivity index (χ2n) is 3.97. The molecule has 2 heteroatoms. The highest BCUT2D eigenvalue weighted by Gasteiger charge is 2.13. The SMILES string of the molecule is CC1=CCC(Cc2cnc[nH]2)CC1. The number of allylic oxidation sites excluding steroid dienone is 2. The lowest BCUT2D eigenvalue weighted by Gasteiger charge is -2.19. The summed E-state index contributed by atoms with van der Waals surface area (Å²) in [5.74, 6) is 0.823. The molecule has 0 aliphatic heterocycles. The van der Waals surface area contributed by atoms with Crippen LogP contribution in [0.3, 0.4) is 0 Å². The van der Waals surface area contributed by atoms with Gasteiger partial charge in [0.2, 0.25) is 0 Å². The van der Waals surface area contributed by atoms with E-state index in [1.165, 1.54) is 25.0 Å². The molecule has 0 spiro atoms. The molecule has 0 amide bonds. The van der Waals surface area contributed by atoms with Gasteiger partial charge in [-0.05, 0) is 38.5 Å². The molecule has 1 aliphatic carbocycles. The number of hydrogen-bond acceptors (Lipinski definition) is 1. The second kappa shape index (κ2) is 3.77. The highest BCUT2D eigenvalue weighted by Crippen LogP contribution is 2.25. The van der Waals surface area contributed by atoms with Crippen molar-refractivity contribution in [3.63, 3.8) is 0 Å². The first-order valence-electron chi connectivity index (χ1n) is 4.97. The van der Waals surface area contributed by atoms with E-state index in [0.29, 0.717) is 0 Å². The summed E-state index contributed by atoms with van der Waals surface area (Å²) in [6.07, 6.45) is 11.1. The molecule has 1 heterocycles. The van der Waals surface area contributed by atoms with Crippen LogP contribution in [0.1, 0.15) is 31.9 Å². The molecule has 0 saturated heterocycles. The van der Waals surface area contributed by atoms with Gasteiger partial charge in [0.05, 0.1) is 6.33 Å². The Kier molecular flexibility index (Phi) is 2.48. The Morgan fingerprint density at radius 2 is 2.54 bits per heavy atom. The number of H-pyrrole nitrogens is 1. The Hall–Kier alpha value is -1.05. The first-order chi connectivity index (χ1) is 6.34. The fourth-order valence-corrected chi connectivity index (χ4v) is 1.91. The zero-order valence-corrected chi connectivity index (χ0v) is 8.09. The normalized spacial score (nSPS) is 22.8. The van der Waals surface area contributed by atoms with Crippen molar-refractivity contribution in [1.29, 1.82) is 0 Å². The first kappa shape index (κ1) is 8.54. The van der Waals surface area contributed by atoms with Gasteiger partial charge in [-0.1, -0.05) is 11.6 Å². The lowest BCUT2D eigenvalue weighted by Crippen LogP contribution is -2.08. The Balaban J connectivity index is 1.90. The number of aromatic nitrogens is 2. The molecular weight excluding hydrogens is 160 g/mol. The minimum atomic E-state index is 0.823. The maximum absolute atomic E-state index is 4.03. The predicted molar refractivity (Wildman–Crippen MR) is 53.4 cm³/mol. The molecule has 2 rings (SSSR count). The van der Waals surface area contributed by atoms with E-state index in [1.54, 1.807) is 11.9 Å². The van der Waals surface area contributed by atoms with Crippen molar-refractivity contribution in [3.05, 3.63) is 29.9 Å². The molecule has 0 bridgehead atoms. The van der Waals surface area contributed by atoms with Gasteiger partial charge < -0.3 is 4.98 Å². The molecule has 0 aromatic carbocycles. The third-order valence-electron chi connectivity index (χ3n) is 2.81. The largest absolute Gasteiger partial charge is 0.348 e. The number of nitrogens with one attached hydrogen (secondary N) is 1. The van der Waals surface area contributed by atoms with Crippen LogP contribution in [0, 0.1) is 5.92 Å². The second-order valence-corrected chi connectivity index (χ2v) is 3.97. The third kappa shape index (κ3) is 2.20. The number of imidazole rings is 1. The molecule has 1 unspecified atom stereocenters. The van der Waals surface area contributed by atoms with Gasteiger partial charge in [0.15, 0.2) is 0 Å². The maximum atomic E-state index is 4.03. The fourth-order valence-electron chi connectivity index (χ4n) is 1.91. The Morgan fingerprint density at radius 3 is 3.15 bits per heavy atom. The van der Waals surface area contributed by atoms with Crippen molar-refractivity contribution in [2.45, 2.75) is 32.6 Å². The van der Waals surface area contributed by atoms with Crippen LogP contribution in [0.15, 0.2) is 24.2 Å². The number of nitrogens with zero attached hydrogens (tertiary/aromatic N) is 1. The van der Waals surface area contributed by atoms with E-state index >= 15 is 0 Å². The van der Waals surface area contributed by atoms with Crippen molar-refractivity contribution in [2.24, 2.45) is 5.92 Å². The van der Waals surface area contributed by atoms with Crippen LogP contribution >= 0.6 is 0 Å². The first-order valence-corrected chi connectivity index (χ1v) is 4.97. The van der Waals surface area contributed by atoms with E-state index in [1.807, 2.05) is 6.20 Å². The average Bonchev–Trinajstić information content (AvgIpc) is 2.62. The molecule has 0 fully saturated rings. The summed E-state index contributed by atoms with van der Waals surface area (Å²) in [4.78, 5) is 7.20. The van der Waals surface area contributed by atoms with E-state index in [2.05, 4.69) is 23.0 Å². The summed E-state index contributed by atoms with van der Waals surface area (Å²) in [6, 6.07) is 0. The molecule has 1 atom stereocenters.